The fraction of sp³-hybridized carbons (Fsp3) is 0. The lowest BCUT2D eigenvalue weighted by Crippen LogP contribution is -2.16. The number of rotatable bonds is 3. The van der Waals surface area contributed by atoms with E-state index < -0.39 is 20.9 Å². The normalized spacial score (nSPS) is 11.2. The van der Waals surface area contributed by atoms with Crippen molar-refractivity contribution in [3.05, 3.63) is 48.4 Å². The number of anilines is 2. The lowest BCUT2D eigenvalue weighted by atomic mass is 10.3. The summed E-state index contributed by atoms with van der Waals surface area (Å²) in [6.45, 7) is 0. The maximum Gasteiger partial charge on any atom is 0.282 e. The maximum absolute atomic E-state index is 13.4. The second-order valence-corrected chi connectivity index (χ2v) is 5.12. The average Bonchev–Trinajstić information content (AvgIpc) is 2.28. The smallest absolute Gasteiger partial charge is 0.282 e. The monoisotopic (exact) mass is 267 g/mol. The summed E-state index contributed by atoms with van der Waals surface area (Å²) in [6.07, 6.45) is 1.21. The molecule has 0 saturated heterocycles. The molecule has 0 spiro atoms. The van der Waals surface area contributed by atoms with Crippen LogP contribution in [0.5, 0.6) is 0 Å². The maximum atomic E-state index is 13.4. The van der Waals surface area contributed by atoms with Crippen molar-refractivity contribution in [3.8, 4) is 0 Å². The van der Waals surface area contributed by atoms with E-state index in [2.05, 4.69) is 9.71 Å². The lowest BCUT2D eigenvalue weighted by molar-refractivity contribution is 0.557. The Kier molecular flexibility index (Phi) is 3.15. The highest BCUT2D eigenvalue weighted by atomic mass is 32.2. The predicted octanol–water partition coefficient (Wildman–Crippen LogP) is 1.60. The number of nitrogen functional groups attached to an aromatic ring is 1. The fourth-order valence-electron chi connectivity index (χ4n) is 1.37. The molecule has 0 amide bonds. The lowest BCUT2D eigenvalue weighted by Gasteiger charge is -2.08. The predicted molar refractivity (Wildman–Crippen MR) is 65.9 cm³/mol. The van der Waals surface area contributed by atoms with Crippen LogP contribution in [0.1, 0.15) is 0 Å². The van der Waals surface area contributed by atoms with Crippen LogP contribution < -0.4 is 10.5 Å². The zero-order chi connectivity index (χ0) is 13.2. The van der Waals surface area contributed by atoms with Gasteiger partial charge in [-0.2, -0.15) is 8.42 Å². The van der Waals surface area contributed by atoms with Gasteiger partial charge in [0.25, 0.3) is 10.0 Å². The second-order valence-electron chi connectivity index (χ2n) is 3.52. The minimum Gasteiger partial charge on any atom is -0.399 e. The van der Waals surface area contributed by atoms with Crippen LogP contribution in [0.2, 0.25) is 0 Å². The van der Waals surface area contributed by atoms with Gasteiger partial charge in [0.2, 0.25) is 5.03 Å². The molecule has 0 unspecified atom stereocenters. The average molecular weight is 267 g/mol. The van der Waals surface area contributed by atoms with E-state index in [0.717, 1.165) is 6.07 Å². The molecule has 1 aromatic heterocycles. The molecule has 0 aliphatic rings. The Morgan fingerprint density at radius 1 is 1.22 bits per heavy atom. The molecule has 18 heavy (non-hydrogen) atoms. The van der Waals surface area contributed by atoms with Gasteiger partial charge in [-0.15, -0.1) is 0 Å². The molecule has 0 fully saturated rings. The van der Waals surface area contributed by atoms with Crippen LogP contribution in [0.25, 0.3) is 0 Å². The highest BCUT2D eigenvalue weighted by Crippen LogP contribution is 2.18. The number of pyridine rings is 1. The molecular weight excluding hydrogens is 257 g/mol. The van der Waals surface area contributed by atoms with Crippen molar-refractivity contribution in [2.75, 3.05) is 10.5 Å². The van der Waals surface area contributed by atoms with Gasteiger partial charge in [0.05, 0.1) is 5.69 Å². The van der Waals surface area contributed by atoms with E-state index in [4.69, 9.17) is 5.73 Å². The summed E-state index contributed by atoms with van der Waals surface area (Å²) >= 11 is 0. The molecule has 7 heteroatoms. The Balaban J connectivity index is 2.37. The summed E-state index contributed by atoms with van der Waals surface area (Å²) in [4.78, 5) is 3.51. The van der Waals surface area contributed by atoms with E-state index in [9.17, 15) is 12.8 Å². The highest BCUT2D eigenvalue weighted by molar-refractivity contribution is 7.92. The quantitative estimate of drug-likeness (QED) is 0.827. The third kappa shape index (κ3) is 2.57. The number of nitrogens with zero attached hydrogens (tertiary/aromatic N) is 1. The van der Waals surface area contributed by atoms with Crippen molar-refractivity contribution in [2.45, 2.75) is 5.03 Å². The molecule has 1 heterocycles. The minimum atomic E-state index is -4.05. The molecule has 2 aromatic rings. The molecule has 3 N–H and O–H groups in total. The molecule has 0 bridgehead atoms. The molecular formula is C11H10FN3O2S. The van der Waals surface area contributed by atoms with Crippen molar-refractivity contribution in [1.29, 1.82) is 0 Å². The Morgan fingerprint density at radius 2 is 2.00 bits per heavy atom. The van der Waals surface area contributed by atoms with Crippen LogP contribution >= 0.6 is 0 Å². The van der Waals surface area contributed by atoms with Crippen molar-refractivity contribution in [3.63, 3.8) is 0 Å². The van der Waals surface area contributed by atoms with Crippen LogP contribution in [0.15, 0.2) is 47.6 Å². The van der Waals surface area contributed by atoms with Gasteiger partial charge in [-0.3, -0.25) is 4.72 Å². The van der Waals surface area contributed by atoms with E-state index in [1.54, 1.807) is 12.1 Å². The van der Waals surface area contributed by atoms with Gasteiger partial charge < -0.3 is 5.73 Å². The number of nitrogens with one attached hydrogen (secondary N) is 1. The summed E-state index contributed by atoms with van der Waals surface area (Å²) in [7, 11) is -4.05. The van der Waals surface area contributed by atoms with Gasteiger partial charge in [-0.1, -0.05) is 6.07 Å². The van der Waals surface area contributed by atoms with E-state index in [1.165, 1.54) is 24.4 Å². The summed E-state index contributed by atoms with van der Waals surface area (Å²) in [5.41, 5.74) is 6.17. The van der Waals surface area contributed by atoms with Crippen molar-refractivity contribution >= 4 is 21.4 Å². The zero-order valence-corrected chi connectivity index (χ0v) is 9.99. The molecule has 0 aliphatic carbocycles. The zero-order valence-electron chi connectivity index (χ0n) is 9.17. The van der Waals surface area contributed by atoms with Crippen LogP contribution in [-0.2, 0) is 10.0 Å². The SMILES string of the molecule is Nc1cccc(NS(=O)(=O)c2ncccc2F)c1. The third-order valence-electron chi connectivity index (χ3n) is 2.12. The van der Waals surface area contributed by atoms with Gasteiger partial charge in [0, 0.05) is 11.9 Å². The summed E-state index contributed by atoms with van der Waals surface area (Å²) < 4.78 is 39.3. The standard InChI is InChI=1S/C11H10FN3O2S/c12-10-5-2-6-14-11(10)18(16,17)15-9-4-1-3-8(13)7-9/h1-7,15H,13H2. The number of benzene rings is 1. The molecule has 0 saturated carbocycles. The Hall–Kier alpha value is -2.15. The highest BCUT2D eigenvalue weighted by Gasteiger charge is 2.20. The minimum absolute atomic E-state index is 0.250. The largest absolute Gasteiger partial charge is 0.399 e. The van der Waals surface area contributed by atoms with Crippen LogP contribution in [-0.4, -0.2) is 13.4 Å². The van der Waals surface area contributed by atoms with Crippen molar-refractivity contribution < 1.29 is 12.8 Å². The van der Waals surface area contributed by atoms with Crippen molar-refractivity contribution in [1.82, 2.24) is 4.98 Å². The summed E-state index contributed by atoms with van der Waals surface area (Å²) in [6, 6.07) is 8.48. The molecule has 94 valence electrons. The van der Waals surface area contributed by atoms with Gasteiger partial charge in [0.1, 0.15) is 0 Å². The van der Waals surface area contributed by atoms with Crippen LogP contribution in [0.4, 0.5) is 15.8 Å². The van der Waals surface area contributed by atoms with Gasteiger partial charge in [-0.25, -0.2) is 9.37 Å². The van der Waals surface area contributed by atoms with Crippen LogP contribution in [0.3, 0.4) is 0 Å². The first-order valence-electron chi connectivity index (χ1n) is 4.98. The first kappa shape index (κ1) is 12.3. The van der Waals surface area contributed by atoms with Gasteiger partial charge in [-0.05, 0) is 30.3 Å². The molecule has 2 rings (SSSR count). The summed E-state index contributed by atoms with van der Waals surface area (Å²) in [5.74, 6) is -0.908. The third-order valence-corrected chi connectivity index (χ3v) is 3.43. The van der Waals surface area contributed by atoms with Gasteiger partial charge in [0.15, 0.2) is 5.82 Å². The molecule has 0 aliphatic heterocycles. The molecule has 0 radical (unpaired) electrons. The topological polar surface area (TPSA) is 85.1 Å². The summed E-state index contributed by atoms with van der Waals surface area (Å²) in [5, 5.41) is -0.646. The first-order valence-corrected chi connectivity index (χ1v) is 6.46. The van der Waals surface area contributed by atoms with E-state index >= 15 is 0 Å². The van der Waals surface area contributed by atoms with E-state index in [-0.39, 0.29) is 5.69 Å². The molecule has 1 aromatic carbocycles. The number of hydrogen-bond acceptors (Lipinski definition) is 4. The Bertz CT molecular complexity index is 673. The van der Waals surface area contributed by atoms with E-state index in [0.29, 0.717) is 5.69 Å². The van der Waals surface area contributed by atoms with Crippen molar-refractivity contribution in [2.24, 2.45) is 0 Å². The molecule has 5 nitrogen and oxygen atoms in total. The number of hydrogen-bond donors (Lipinski definition) is 2. The first-order chi connectivity index (χ1) is 8.49. The number of nitrogens with two attached hydrogens (primary N) is 1. The second kappa shape index (κ2) is 4.61. The fourth-order valence-corrected chi connectivity index (χ4v) is 2.43. The van der Waals surface area contributed by atoms with Crippen LogP contribution in [0, 0.1) is 5.82 Å². The number of sulfonamides is 1. The Morgan fingerprint density at radius 3 is 2.67 bits per heavy atom. The van der Waals surface area contributed by atoms with E-state index in [1.807, 2.05) is 0 Å². The van der Waals surface area contributed by atoms with Gasteiger partial charge >= 0.3 is 0 Å². The molecule has 0 atom stereocenters. The number of aromatic nitrogens is 1. The number of halogens is 1. The Labute approximate surface area is 104 Å².